The van der Waals surface area contributed by atoms with Crippen molar-refractivity contribution >= 4 is 5.91 Å². The van der Waals surface area contributed by atoms with Crippen LogP contribution in [0.5, 0.6) is 0 Å². The molecule has 88 valence electrons. The molecule has 1 fully saturated rings. The highest BCUT2D eigenvalue weighted by Gasteiger charge is 2.46. The number of rotatable bonds is 3. The minimum absolute atomic E-state index is 0.196. The fourth-order valence-corrected chi connectivity index (χ4v) is 1.75. The fourth-order valence-electron chi connectivity index (χ4n) is 1.75. The second kappa shape index (κ2) is 4.89. The molecule has 0 aliphatic carbocycles. The van der Waals surface area contributed by atoms with Crippen LogP contribution in [0, 0.1) is 0 Å². The van der Waals surface area contributed by atoms with Crippen LogP contribution in [0.25, 0.3) is 0 Å². The lowest BCUT2D eigenvalue weighted by Crippen LogP contribution is -2.49. The second-order valence-corrected chi connectivity index (χ2v) is 3.57. The number of aliphatic hydroxyl groups is 2. The second-order valence-electron chi connectivity index (χ2n) is 3.57. The largest absolute Gasteiger partial charge is 0.394 e. The molecule has 1 saturated heterocycles. The van der Waals surface area contributed by atoms with Crippen molar-refractivity contribution < 1.29 is 24.5 Å². The SMILES string of the molecule is CO[C@H]1O[C@H](CO)[C@@H](N(C)C(C)=O)[C@H]1O. The topological polar surface area (TPSA) is 79.2 Å². The zero-order valence-electron chi connectivity index (χ0n) is 9.08. The van der Waals surface area contributed by atoms with E-state index in [0.29, 0.717) is 0 Å². The number of nitrogens with zero attached hydrogens (tertiary/aromatic N) is 1. The van der Waals surface area contributed by atoms with Crippen molar-refractivity contribution in [3.63, 3.8) is 0 Å². The molecule has 1 aliphatic rings. The summed E-state index contributed by atoms with van der Waals surface area (Å²) < 4.78 is 10.1. The van der Waals surface area contributed by atoms with Gasteiger partial charge in [-0.3, -0.25) is 4.79 Å². The zero-order chi connectivity index (χ0) is 11.6. The summed E-state index contributed by atoms with van der Waals surface area (Å²) in [5.41, 5.74) is 0. The van der Waals surface area contributed by atoms with Gasteiger partial charge in [0.2, 0.25) is 5.91 Å². The number of carbonyl (C=O) groups is 1. The summed E-state index contributed by atoms with van der Waals surface area (Å²) in [7, 11) is 2.96. The first-order valence-electron chi connectivity index (χ1n) is 4.73. The Morgan fingerprint density at radius 3 is 2.60 bits per heavy atom. The number of aliphatic hydroxyl groups excluding tert-OH is 2. The van der Waals surface area contributed by atoms with Crippen LogP contribution < -0.4 is 0 Å². The molecule has 15 heavy (non-hydrogen) atoms. The molecule has 0 saturated carbocycles. The summed E-state index contributed by atoms with van der Waals surface area (Å²) in [6.07, 6.45) is -2.35. The Labute approximate surface area is 88.4 Å². The quantitative estimate of drug-likeness (QED) is 0.607. The van der Waals surface area contributed by atoms with Crippen LogP contribution >= 0.6 is 0 Å². The maximum atomic E-state index is 11.2. The van der Waals surface area contributed by atoms with Crippen molar-refractivity contribution in [3.8, 4) is 0 Å². The maximum absolute atomic E-state index is 11.2. The molecule has 1 rings (SSSR count). The van der Waals surface area contributed by atoms with Gasteiger partial charge in [0.15, 0.2) is 6.29 Å². The number of likely N-dealkylation sites (N-methyl/N-ethyl adjacent to an activating group) is 1. The van der Waals surface area contributed by atoms with E-state index >= 15 is 0 Å². The normalized spacial score (nSPS) is 35.5. The first-order chi connectivity index (χ1) is 7.02. The molecule has 0 aromatic rings. The lowest BCUT2D eigenvalue weighted by atomic mass is 10.1. The van der Waals surface area contributed by atoms with Crippen LogP contribution in [0.1, 0.15) is 6.92 Å². The van der Waals surface area contributed by atoms with E-state index in [1.54, 1.807) is 7.05 Å². The van der Waals surface area contributed by atoms with Crippen molar-refractivity contribution in [2.75, 3.05) is 20.8 Å². The molecule has 0 unspecified atom stereocenters. The predicted octanol–water partition coefficient (Wildman–Crippen LogP) is -1.44. The lowest BCUT2D eigenvalue weighted by Gasteiger charge is -2.28. The molecule has 0 aromatic heterocycles. The number of hydrogen-bond donors (Lipinski definition) is 2. The standard InChI is InChI=1S/C9H17NO5/c1-5(12)10(2)7-6(4-11)15-9(14-3)8(7)13/h6-9,11,13H,4H2,1-3H3/t6-,7-,8-,9+/m1/s1. The molecule has 6 heteroatoms. The van der Waals surface area contributed by atoms with Crippen LogP contribution in [0.2, 0.25) is 0 Å². The molecule has 0 bridgehead atoms. The predicted molar refractivity (Wildman–Crippen MR) is 51.0 cm³/mol. The average molecular weight is 219 g/mol. The number of carbonyl (C=O) groups excluding carboxylic acids is 1. The molecular weight excluding hydrogens is 202 g/mol. The van der Waals surface area contributed by atoms with E-state index in [9.17, 15) is 9.90 Å². The molecule has 6 nitrogen and oxygen atoms in total. The van der Waals surface area contributed by atoms with Gasteiger partial charge in [-0.25, -0.2) is 0 Å². The van der Waals surface area contributed by atoms with Gasteiger partial charge in [0.1, 0.15) is 12.2 Å². The van der Waals surface area contributed by atoms with Crippen LogP contribution in [0.4, 0.5) is 0 Å². The molecule has 2 N–H and O–H groups in total. The van der Waals surface area contributed by atoms with Crippen LogP contribution in [0.3, 0.4) is 0 Å². The zero-order valence-corrected chi connectivity index (χ0v) is 9.08. The van der Waals surface area contributed by atoms with Gasteiger partial charge in [0.05, 0.1) is 12.6 Å². The molecule has 0 spiro atoms. The van der Waals surface area contributed by atoms with Crippen molar-refractivity contribution in [1.82, 2.24) is 4.90 Å². The minimum atomic E-state index is -0.943. The van der Waals surface area contributed by atoms with E-state index in [1.165, 1.54) is 18.9 Å². The Balaban J connectivity index is 2.79. The molecule has 0 aromatic carbocycles. The van der Waals surface area contributed by atoms with Crippen molar-refractivity contribution in [1.29, 1.82) is 0 Å². The molecule has 1 heterocycles. The Hall–Kier alpha value is -0.690. The first kappa shape index (κ1) is 12.4. The highest BCUT2D eigenvalue weighted by atomic mass is 16.7. The lowest BCUT2D eigenvalue weighted by molar-refractivity contribution is -0.153. The minimum Gasteiger partial charge on any atom is -0.394 e. The third-order valence-corrected chi connectivity index (χ3v) is 2.67. The Bertz CT molecular complexity index is 233. The highest BCUT2D eigenvalue weighted by molar-refractivity contribution is 5.73. The van der Waals surface area contributed by atoms with E-state index in [1.807, 2.05) is 0 Å². The van der Waals surface area contributed by atoms with E-state index < -0.39 is 24.5 Å². The monoisotopic (exact) mass is 219 g/mol. The van der Waals surface area contributed by atoms with Gasteiger partial charge in [-0.1, -0.05) is 0 Å². The summed E-state index contributed by atoms with van der Waals surface area (Å²) >= 11 is 0. The molecule has 0 radical (unpaired) electrons. The van der Waals surface area contributed by atoms with Crippen LogP contribution in [-0.4, -0.2) is 66.3 Å². The van der Waals surface area contributed by atoms with Gasteiger partial charge in [-0.15, -0.1) is 0 Å². The molecule has 1 aliphatic heterocycles. The van der Waals surface area contributed by atoms with Gasteiger partial charge in [-0.05, 0) is 0 Å². The van der Waals surface area contributed by atoms with Gasteiger partial charge in [0.25, 0.3) is 0 Å². The van der Waals surface area contributed by atoms with Crippen molar-refractivity contribution in [2.45, 2.75) is 31.5 Å². The van der Waals surface area contributed by atoms with Gasteiger partial charge in [0, 0.05) is 21.1 Å². The Morgan fingerprint density at radius 1 is 1.60 bits per heavy atom. The van der Waals surface area contributed by atoms with E-state index in [-0.39, 0.29) is 12.5 Å². The summed E-state index contributed by atoms with van der Waals surface area (Å²) in [6, 6.07) is -0.572. The Morgan fingerprint density at radius 2 is 2.20 bits per heavy atom. The third kappa shape index (κ3) is 2.28. The van der Waals surface area contributed by atoms with Crippen LogP contribution in [-0.2, 0) is 14.3 Å². The van der Waals surface area contributed by atoms with Crippen molar-refractivity contribution in [2.24, 2.45) is 0 Å². The van der Waals surface area contributed by atoms with Crippen LogP contribution in [0.15, 0.2) is 0 Å². The molecule has 4 atom stereocenters. The summed E-state index contributed by atoms with van der Waals surface area (Å²) in [5, 5.41) is 18.9. The van der Waals surface area contributed by atoms with E-state index in [4.69, 9.17) is 14.6 Å². The van der Waals surface area contributed by atoms with Gasteiger partial charge >= 0.3 is 0 Å². The fraction of sp³-hybridized carbons (Fsp3) is 0.889. The van der Waals surface area contributed by atoms with Gasteiger partial charge < -0.3 is 24.6 Å². The maximum Gasteiger partial charge on any atom is 0.219 e. The number of ether oxygens (including phenoxy) is 2. The number of amides is 1. The highest BCUT2D eigenvalue weighted by Crippen LogP contribution is 2.25. The van der Waals surface area contributed by atoms with E-state index in [0.717, 1.165) is 0 Å². The summed E-state index contributed by atoms with van der Waals surface area (Å²) in [6.45, 7) is 1.13. The van der Waals surface area contributed by atoms with Crippen molar-refractivity contribution in [3.05, 3.63) is 0 Å². The Kier molecular flexibility index (Phi) is 4.04. The summed E-state index contributed by atoms with van der Waals surface area (Å²) in [5.74, 6) is -0.196. The smallest absolute Gasteiger partial charge is 0.219 e. The third-order valence-electron chi connectivity index (χ3n) is 2.67. The van der Waals surface area contributed by atoms with E-state index in [2.05, 4.69) is 0 Å². The number of hydrogen-bond acceptors (Lipinski definition) is 5. The molecular formula is C9H17NO5. The first-order valence-corrected chi connectivity index (χ1v) is 4.73. The summed E-state index contributed by atoms with van der Waals surface area (Å²) in [4.78, 5) is 12.5. The molecule has 1 amide bonds. The van der Waals surface area contributed by atoms with Gasteiger partial charge in [-0.2, -0.15) is 0 Å². The number of methoxy groups -OCH3 is 1. The average Bonchev–Trinajstić information content (AvgIpc) is 2.53.